The van der Waals surface area contributed by atoms with Crippen LogP contribution in [0.5, 0.6) is 0 Å². The Kier molecular flexibility index (Phi) is 4.35. The lowest BCUT2D eigenvalue weighted by molar-refractivity contribution is 0.0714. The average molecular weight is 389 g/mol. The van der Waals surface area contributed by atoms with Crippen LogP contribution in [0.4, 0.5) is 4.39 Å². The number of hydrogen-bond acceptors (Lipinski definition) is 3. The number of aromatic nitrogens is 4. The monoisotopic (exact) mass is 389 g/mol. The molecule has 6 nitrogen and oxygen atoms in total. The van der Waals surface area contributed by atoms with E-state index in [-0.39, 0.29) is 11.7 Å². The highest BCUT2D eigenvalue weighted by molar-refractivity contribution is 5.99. The van der Waals surface area contributed by atoms with Gasteiger partial charge in [0.2, 0.25) is 0 Å². The van der Waals surface area contributed by atoms with E-state index < -0.39 is 0 Å². The largest absolute Gasteiger partial charge is 0.346 e. The molecule has 7 heteroatoms. The molecule has 4 aromatic rings. The molecule has 1 amide bonds. The van der Waals surface area contributed by atoms with Gasteiger partial charge in [0, 0.05) is 36.4 Å². The Hall–Kier alpha value is -3.48. The van der Waals surface area contributed by atoms with Crippen LogP contribution in [0.2, 0.25) is 0 Å². The Morgan fingerprint density at radius 3 is 2.72 bits per heavy atom. The molecule has 5 rings (SSSR count). The Balaban J connectivity index is 1.32. The van der Waals surface area contributed by atoms with Gasteiger partial charge in [-0.05, 0) is 60.7 Å². The van der Waals surface area contributed by atoms with E-state index in [1.807, 2.05) is 17.2 Å². The number of likely N-dealkylation sites (tertiary alicyclic amines) is 1. The molecule has 0 spiro atoms. The van der Waals surface area contributed by atoms with Crippen LogP contribution >= 0.6 is 0 Å². The Labute approximate surface area is 166 Å². The molecule has 0 atom stereocenters. The maximum absolute atomic E-state index is 13.2. The molecule has 1 aliphatic rings. The molecule has 29 heavy (non-hydrogen) atoms. The Bertz CT molecular complexity index is 1160. The number of pyridine rings is 1. The van der Waals surface area contributed by atoms with Gasteiger partial charge in [-0.2, -0.15) is 5.10 Å². The van der Waals surface area contributed by atoms with Gasteiger partial charge in [-0.3, -0.25) is 9.89 Å². The molecule has 1 saturated heterocycles. The first kappa shape index (κ1) is 17.6. The number of aromatic amines is 2. The van der Waals surface area contributed by atoms with Gasteiger partial charge in [0.05, 0.1) is 17.5 Å². The fraction of sp³-hybridized carbons (Fsp3) is 0.227. The molecule has 2 N–H and O–H groups in total. The van der Waals surface area contributed by atoms with E-state index in [2.05, 4.69) is 26.2 Å². The van der Waals surface area contributed by atoms with Gasteiger partial charge < -0.3 is 9.88 Å². The number of nitrogens with one attached hydrogen (secondary N) is 2. The van der Waals surface area contributed by atoms with E-state index in [4.69, 9.17) is 0 Å². The Morgan fingerprint density at radius 2 is 1.93 bits per heavy atom. The number of fused-ring (bicyclic) bond motifs is 1. The summed E-state index contributed by atoms with van der Waals surface area (Å²) in [5.74, 6) is 0.0470. The third-order valence-corrected chi connectivity index (χ3v) is 5.71. The van der Waals surface area contributed by atoms with Crippen molar-refractivity contribution in [3.05, 3.63) is 71.9 Å². The van der Waals surface area contributed by atoms with Crippen LogP contribution in [-0.4, -0.2) is 44.1 Å². The molecule has 0 bridgehead atoms. The van der Waals surface area contributed by atoms with Crippen molar-refractivity contribution < 1.29 is 9.18 Å². The number of amides is 1. The van der Waals surface area contributed by atoms with Crippen molar-refractivity contribution in [1.29, 1.82) is 0 Å². The van der Waals surface area contributed by atoms with Crippen LogP contribution in [0.3, 0.4) is 0 Å². The van der Waals surface area contributed by atoms with Gasteiger partial charge in [0.1, 0.15) is 11.5 Å². The summed E-state index contributed by atoms with van der Waals surface area (Å²) in [7, 11) is 0. The maximum Gasteiger partial charge on any atom is 0.257 e. The number of carbonyl (C=O) groups is 1. The summed E-state index contributed by atoms with van der Waals surface area (Å²) < 4.78 is 13.2. The number of rotatable bonds is 3. The minimum atomic E-state index is -0.310. The summed E-state index contributed by atoms with van der Waals surface area (Å²) >= 11 is 0. The predicted octanol–water partition coefficient (Wildman–Crippen LogP) is 4.11. The SMILES string of the molecule is O=C(c1cn[nH]c1-c1ccc(F)cc1)N1CCC(c2c[nH]c3ncccc23)CC1. The molecule has 4 heterocycles. The number of halogens is 1. The quantitative estimate of drug-likeness (QED) is 0.553. The number of piperidine rings is 1. The van der Waals surface area contributed by atoms with Crippen molar-refractivity contribution in [3.8, 4) is 11.3 Å². The molecular weight excluding hydrogens is 369 g/mol. The fourth-order valence-electron chi connectivity index (χ4n) is 4.16. The number of hydrogen-bond donors (Lipinski definition) is 2. The van der Waals surface area contributed by atoms with Gasteiger partial charge in [-0.25, -0.2) is 9.37 Å². The van der Waals surface area contributed by atoms with E-state index in [0.29, 0.717) is 30.3 Å². The minimum absolute atomic E-state index is 0.0443. The molecule has 146 valence electrons. The zero-order valence-electron chi connectivity index (χ0n) is 15.7. The Morgan fingerprint density at radius 1 is 1.14 bits per heavy atom. The highest BCUT2D eigenvalue weighted by Crippen LogP contribution is 2.33. The van der Waals surface area contributed by atoms with E-state index in [9.17, 15) is 9.18 Å². The first-order chi connectivity index (χ1) is 14.2. The standard InChI is InChI=1S/C22H20FN5O/c23-16-5-3-15(4-6-16)20-19(13-26-27-20)22(29)28-10-7-14(8-11-28)18-12-25-21-17(18)2-1-9-24-21/h1-6,9,12-14H,7-8,10-11H2,(H,24,25)(H,26,27). The van der Waals surface area contributed by atoms with E-state index in [0.717, 1.165) is 29.4 Å². The summed E-state index contributed by atoms with van der Waals surface area (Å²) in [5.41, 5.74) is 4.07. The third kappa shape index (κ3) is 3.18. The molecule has 1 aliphatic heterocycles. The molecular formula is C22H20FN5O. The minimum Gasteiger partial charge on any atom is -0.346 e. The number of benzene rings is 1. The van der Waals surface area contributed by atoms with Crippen LogP contribution < -0.4 is 0 Å². The fourth-order valence-corrected chi connectivity index (χ4v) is 4.16. The van der Waals surface area contributed by atoms with Gasteiger partial charge in [-0.15, -0.1) is 0 Å². The first-order valence-electron chi connectivity index (χ1n) is 9.71. The van der Waals surface area contributed by atoms with Crippen molar-refractivity contribution in [2.45, 2.75) is 18.8 Å². The molecule has 1 fully saturated rings. The number of nitrogens with zero attached hydrogens (tertiary/aromatic N) is 3. The van der Waals surface area contributed by atoms with Crippen LogP contribution in [0.25, 0.3) is 22.3 Å². The lowest BCUT2D eigenvalue weighted by atomic mass is 9.89. The van der Waals surface area contributed by atoms with Crippen molar-refractivity contribution in [3.63, 3.8) is 0 Å². The predicted molar refractivity (Wildman–Crippen MR) is 108 cm³/mol. The average Bonchev–Trinajstić information content (AvgIpc) is 3.41. The molecule has 3 aromatic heterocycles. The smallest absolute Gasteiger partial charge is 0.257 e. The number of H-pyrrole nitrogens is 2. The molecule has 0 saturated carbocycles. The summed E-state index contributed by atoms with van der Waals surface area (Å²) in [5, 5.41) is 8.09. The maximum atomic E-state index is 13.2. The summed E-state index contributed by atoms with van der Waals surface area (Å²) in [6.45, 7) is 1.37. The van der Waals surface area contributed by atoms with Crippen molar-refractivity contribution in [2.75, 3.05) is 13.1 Å². The van der Waals surface area contributed by atoms with Crippen LogP contribution in [-0.2, 0) is 0 Å². The van der Waals surface area contributed by atoms with Crippen LogP contribution in [0, 0.1) is 5.82 Å². The molecule has 0 aliphatic carbocycles. The third-order valence-electron chi connectivity index (χ3n) is 5.71. The lowest BCUT2D eigenvalue weighted by Gasteiger charge is -2.32. The zero-order valence-corrected chi connectivity index (χ0v) is 15.7. The zero-order chi connectivity index (χ0) is 19.8. The molecule has 1 aromatic carbocycles. The normalized spacial score (nSPS) is 15.1. The first-order valence-corrected chi connectivity index (χ1v) is 9.71. The van der Waals surface area contributed by atoms with Gasteiger partial charge in [0.25, 0.3) is 5.91 Å². The lowest BCUT2D eigenvalue weighted by Crippen LogP contribution is -2.38. The van der Waals surface area contributed by atoms with Crippen LogP contribution in [0.1, 0.15) is 34.7 Å². The van der Waals surface area contributed by atoms with Crippen molar-refractivity contribution in [1.82, 2.24) is 25.1 Å². The van der Waals surface area contributed by atoms with Crippen molar-refractivity contribution >= 4 is 16.9 Å². The second-order valence-corrected chi connectivity index (χ2v) is 7.38. The highest BCUT2D eigenvalue weighted by atomic mass is 19.1. The van der Waals surface area contributed by atoms with E-state index in [1.165, 1.54) is 17.7 Å². The second-order valence-electron chi connectivity index (χ2n) is 7.38. The van der Waals surface area contributed by atoms with Crippen LogP contribution in [0.15, 0.2) is 55.0 Å². The number of carbonyl (C=O) groups excluding carboxylic acids is 1. The van der Waals surface area contributed by atoms with Gasteiger partial charge >= 0.3 is 0 Å². The highest BCUT2D eigenvalue weighted by Gasteiger charge is 2.28. The summed E-state index contributed by atoms with van der Waals surface area (Å²) in [4.78, 5) is 22.6. The van der Waals surface area contributed by atoms with Gasteiger partial charge in [0.15, 0.2) is 0 Å². The van der Waals surface area contributed by atoms with E-state index in [1.54, 1.807) is 24.5 Å². The molecule has 0 radical (unpaired) electrons. The van der Waals surface area contributed by atoms with E-state index >= 15 is 0 Å². The topological polar surface area (TPSA) is 77.7 Å². The summed E-state index contributed by atoms with van der Waals surface area (Å²) in [6, 6.07) is 10.1. The van der Waals surface area contributed by atoms with Crippen molar-refractivity contribution in [2.24, 2.45) is 0 Å². The van der Waals surface area contributed by atoms with Gasteiger partial charge in [-0.1, -0.05) is 0 Å². The summed E-state index contributed by atoms with van der Waals surface area (Å²) in [6.07, 6.45) is 7.18. The molecule has 0 unspecified atom stereocenters. The second kappa shape index (κ2) is 7.16.